The standard InChI is InChI=1S/C25H21F2NO3.C3H8/c1-31-24-22(25(29)30)13-18(11-16-4-8-20(27)9-5-16)21-12-17(14-28-23(21)24)10-15-2-6-19(26)7-3-15;1-3-2/h2-9,12-13,28H,10-11,14H2,1H3,(H,29,30);3H2,1-2H3. The molecule has 0 bridgehead atoms. The summed E-state index contributed by atoms with van der Waals surface area (Å²) in [6.07, 6.45) is 4.35. The van der Waals surface area contributed by atoms with Gasteiger partial charge in [0.05, 0.1) is 12.8 Å². The molecule has 2 N–H and O–H groups in total. The Kier molecular flexibility index (Phi) is 8.41. The van der Waals surface area contributed by atoms with E-state index in [1.165, 1.54) is 37.8 Å². The molecule has 0 aliphatic carbocycles. The minimum Gasteiger partial charge on any atom is -0.494 e. The maximum absolute atomic E-state index is 13.3. The number of anilines is 1. The molecule has 4 rings (SSSR count). The highest BCUT2D eigenvalue weighted by Crippen LogP contribution is 2.40. The van der Waals surface area contributed by atoms with E-state index in [1.807, 2.05) is 6.08 Å². The molecular formula is C28H29F2NO3. The van der Waals surface area contributed by atoms with Crippen molar-refractivity contribution in [3.05, 3.63) is 99.6 Å². The Bertz CT molecular complexity index is 1170. The number of ether oxygens (including phenoxy) is 1. The molecule has 0 atom stereocenters. The molecule has 34 heavy (non-hydrogen) atoms. The summed E-state index contributed by atoms with van der Waals surface area (Å²) in [7, 11) is 1.45. The molecule has 4 nitrogen and oxygen atoms in total. The van der Waals surface area contributed by atoms with Gasteiger partial charge in [-0.2, -0.15) is 0 Å². The lowest BCUT2D eigenvalue weighted by atomic mass is 9.90. The number of benzene rings is 3. The van der Waals surface area contributed by atoms with Crippen molar-refractivity contribution in [3.63, 3.8) is 0 Å². The van der Waals surface area contributed by atoms with E-state index in [0.29, 0.717) is 25.1 Å². The van der Waals surface area contributed by atoms with Gasteiger partial charge in [-0.15, -0.1) is 0 Å². The molecule has 6 heteroatoms. The van der Waals surface area contributed by atoms with E-state index in [4.69, 9.17) is 4.74 Å². The first-order chi connectivity index (χ1) is 16.4. The number of carboxylic acids is 1. The number of aromatic carboxylic acids is 1. The average molecular weight is 466 g/mol. The zero-order valence-corrected chi connectivity index (χ0v) is 19.6. The molecule has 0 saturated carbocycles. The third kappa shape index (κ3) is 6.01. The van der Waals surface area contributed by atoms with Crippen LogP contribution in [0.25, 0.3) is 6.08 Å². The fourth-order valence-corrected chi connectivity index (χ4v) is 3.85. The fourth-order valence-electron chi connectivity index (χ4n) is 3.85. The lowest BCUT2D eigenvalue weighted by molar-refractivity contribution is 0.0693. The zero-order valence-electron chi connectivity index (χ0n) is 19.6. The van der Waals surface area contributed by atoms with Gasteiger partial charge in [-0.25, -0.2) is 13.6 Å². The van der Waals surface area contributed by atoms with Crippen molar-refractivity contribution < 1.29 is 23.4 Å². The van der Waals surface area contributed by atoms with Crippen molar-refractivity contribution in [3.8, 4) is 5.75 Å². The monoisotopic (exact) mass is 465 g/mol. The molecule has 3 aromatic rings. The lowest BCUT2D eigenvalue weighted by Crippen LogP contribution is -2.17. The Morgan fingerprint density at radius 1 is 0.971 bits per heavy atom. The predicted molar refractivity (Wildman–Crippen MR) is 132 cm³/mol. The summed E-state index contributed by atoms with van der Waals surface area (Å²) < 4.78 is 32.0. The van der Waals surface area contributed by atoms with Crippen molar-refractivity contribution >= 4 is 17.7 Å². The first-order valence-electron chi connectivity index (χ1n) is 11.3. The van der Waals surface area contributed by atoms with Crippen LogP contribution in [0.1, 0.15) is 52.9 Å². The molecule has 0 fully saturated rings. The Hall–Kier alpha value is -3.67. The van der Waals surface area contributed by atoms with Gasteiger partial charge in [0.15, 0.2) is 5.75 Å². The second-order valence-electron chi connectivity index (χ2n) is 8.18. The number of fused-ring (bicyclic) bond motifs is 1. The smallest absolute Gasteiger partial charge is 0.339 e. The first kappa shape index (κ1) is 25.0. The second-order valence-corrected chi connectivity index (χ2v) is 8.18. The molecule has 0 radical (unpaired) electrons. The summed E-state index contributed by atoms with van der Waals surface area (Å²) in [5.41, 5.74) is 5.25. The number of hydrogen-bond acceptors (Lipinski definition) is 3. The minimum absolute atomic E-state index is 0.0706. The van der Waals surface area contributed by atoms with Crippen LogP contribution in [0.3, 0.4) is 0 Å². The molecule has 0 amide bonds. The topological polar surface area (TPSA) is 58.6 Å². The summed E-state index contributed by atoms with van der Waals surface area (Å²) >= 11 is 0. The van der Waals surface area contributed by atoms with Gasteiger partial charge >= 0.3 is 5.97 Å². The van der Waals surface area contributed by atoms with E-state index in [0.717, 1.165) is 27.8 Å². The molecule has 0 unspecified atom stereocenters. The predicted octanol–water partition coefficient (Wildman–Crippen LogP) is 6.73. The van der Waals surface area contributed by atoms with Crippen LogP contribution in [0.15, 0.2) is 60.2 Å². The normalized spacial score (nSPS) is 12.0. The number of rotatable bonds is 6. The van der Waals surface area contributed by atoms with Gasteiger partial charge in [-0.3, -0.25) is 0 Å². The van der Waals surface area contributed by atoms with Crippen LogP contribution < -0.4 is 10.1 Å². The summed E-state index contributed by atoms with van der Waals surface area (Å²) in [5.74, 6) is -1.41. The fraction of sp³-hybridized carbons (Fsp3) is 0.250. The quantitative estimate of drug-likeness (QED) is 0.424. The third-order valence-electron chi connectivity index (χ3n) is 5.33. The van der Waals surface area contributed by atoms with Crippen LogP contribution in [0.4, 0.5) is 14.5 Å². The Morgan fingerprint density at radius 2 is 1.50 bits per heavy atom. The van der Waals surface area contributed by atoms with Crippen LogP contribution in [-0.2, 0) is 12.8 Å². The summed E-state index contributed by atoms with van der Waals surface area (Å²) in [4.78, 5) is 11.8. The van der Waals surface area contributed by atoms with E-state index in [2.05, 4.69) is 19.2 Å². The molecule has 1 heterocycles. The maximum atomic E-state index is 13.3. The van der Waals surface area contributed by atoms with E-state index in [1.54, 1.807) is 30.3 Å². The Morgan fingerprint density at radius 3 is 2.00 bits per heavy atom. The number of nitrogens with one attached hydrogen (secondary N) is 1. The van der Waals surface area contributed by atoms with Crippen LogP contribution in [-0.4, -0.2) is 24.7 Å². The molecule has 3 aromatic carbocycles. The van der Waals surface area contributed by atoms with Crippen molar-refractivity contribution in [2.24, 2.45) is 0 Å². The van der Waals surface area contributed by atoms with Crippen molar-refractivity contribution in [2.45, 2.75) is 33.1 Å². The van der Waals surface area contributed by atoms with E-state index >= 15 is 0 Å². The minimum atomic E-state index is -1.08. The van der Waals surface area contributed by atoms with Gasteiger partial charge in [-0.05, 0) is 65.4 Å². The highest BCUT2D eigenvalue weighted by Gasteiger charge is 2.24. The van der Waals surface area contributed by atoms with Gasteiger partial charge in [0, 0.05) is 12.1 Å². The highest BCUT2D eigenvalue weighted by atomic mass is 19.1. The van der Waals surface area contributed by atoms with E-state index in [-0.39, 0.29) is 22.9 Å². The van der Waals surface area contributed by atoms with Crippen LogP contribution in [0, 0.1) is 11.6 Å². The van der Waals surface area contributed by atoms with Crippen LogP contribution >= 0.6 is 0 Å². The van der Waals surface area contributed by atoms with Crippen LogP contribution in [0.5, 0.6) is 5.75 Å². The number of carbonyl (C=O) groups is 1. The maximum Gasteiger partial charge on any atom is 0.339 e. The average Bonchev–Trinajstić information content (AvgIpc) is 2.82. The van der Waals surface area contributed by atoms with Crippen molar-refractivity contribution in [2.75, 3.05) is 19.0 Å². The number of carboxylic acid groups (broad SMARTS) is 1. The SMILES string of the molecule is CCC.COc1c(C(=O)O)cc(Cc2ccc(F)cc2)c2c1NCC(Cc1ccc(F)cc1)=C2. The molecule has 0 saturated heterocycles. The Balaban J connectivity index is 0.00000103. The second kappa shape index (κ2) is 11.5. The third-order valence-corrected chi connectivity index (χ3v) is 5.33. The molecule has 1 aliphatic heterocycles. The van der Waals surface area contributed by atoms with Gasteiger partial charge in [-0.1, -0.05) is 50.6 Å². The van der Waals surface area contributed by atoms with Crippen molar-refractivity contribution in [1.82, 2.24) is 0 Å². The molecule has 0 spiro atoms. The van der Waals surface area contributed by atoms with Gasteiger partial charge in [0.25, 0.3) is 0 Å². The van der Waals surface area contributed by atoms with E-state index in [9.17, 15) is 18.7 Å². The van der Waals surface area contributed by atoms with E-state index < -0.39 is 5.97 Å². The highest BCUT2D eigenvalue weighted by molar-refractivity contribution is 5.96. The van der Waals surface area contributed by atoms with Gasteiger partial charge in [0.1, 0.15) is 17.2 Å². The number of hydrogen-bond donors (Lipinski definition) is 2. The number of halogens is 2. The lowest BCUT2D eigenvalue weighted by Gasteiger charge is -2.25. The molecular weight excluding hydrogens is 436 g/mol. The molecule has 0 aromatic heterocycles. The van der Waals surface area contributed by atoms with Crippen molar-refractivity contribution in [1.29, 1.82) is 0 Å². The van der Waals surface area contributed by atoms with Gasteiger partial charge in [0.2, 0.25) is 0 Å². The Labute approximate surface area is 198 Å². The summed E-state index contributed by atoms with van der Waals surface area (Å²) in [6.45, 7) is 4.76. The van der Waals surface area contributed by atoms with Gasteiger partial charge < -0.3 is 15.2 Å². The molecule has 1 aliphatic rings. The first-order valence-corrected chi connectivity index (χ1v) is 11.3. The summed E-state index contributed by atoms with van der Waals surface area (Å²) in [5, 5.41) is 13.0. The van der Waals surface area contributed by atoms with Crippen LogP contribution in [0.2, 0.25) is 0 Å². The summed E-state index contributed by atoms with van der Waals surface area (Å²) in [6, 6.07) is 14.1. The largest absolute Gasteiger partial charge is 0.494 e. The zero-order chi connectivity index (χ0) is 24.7. The molecule has 178 valence electrons. The number of methoxy groups -OCH3 is 1.